The molecule has 0 atom stereocenters. The summed E-state index contributed by atoms with van der Waals surface area (Å²) in [7, 11) is -1.90. The van der Waals surface area contributed by atoms with E-state index in [1.165, 1.54) is 17.2 Å². The minimum absolute atomic E-state index is 1.30. The van der Waals surface area contributed by atoms with Gasteiger partial charge in [0.05, 0.1) is 14.1 Å². The number of aromatic nitrogens is 2. The van der Waals surface area contributed by atoms with Gasteiger partial charge in [-0.25, -0.2) is 17.6 Å². The molecule has 0 unspecified atom stereocenters. The van der Waals surface area contributed by atoms with E-state index in [9.17, 15) is 13.2 Å². The van der Waals surface area contributed by atoms with Crippen LogP contribution < -0.4 is 4.57 Å². The molecule has 0 fully saturated rings. The molecule has 0 aliphatic rings. The Morgan fingerprint density at radius 3 is 1.61 bits per heavy atom. The summed E-state index contributed by atoms with van der Waals surface area (Å²) in [6, 6.07) is 0. The molecule has 0 amide bonds. The van der Waals surface area contributed by atoms with Gasteiger partial charge in [0.2, 0.25) is 0 Å². The van der Waals surface area contributed by atoms with Gasteiger partial charge in [0.1, 0.15) is 11.4 Å². The Kier molecular flexibility index (Phi) is 4.95. The van der Waals surface area contributed by atoms with E-state index in [0.29, 0.717) is 0 Å². The molecule has 106 valence electrons. The SMILES string of the molecule is Cc1c(C)[n+](C)c(C)n1C.O=S(=O)([O-])C(F)(F)F. The quantitative estimate of drug-likeness (QED) is 0.403. The van der Waals surface area contributed by atoms with E-state index >= 15 is 0 Å². The molecule has 1 aromatic rings. The molecule has 0 saturated heterocycles. The van der Waals surface area contributed by atoms with Crippen molar-refractivity contribution in [1.29, 1.82) is 0 Å². The second-order valence-corrected chi connectivity index (χ2v) is 5.11. The fourth-order valence-corrected chi connectivity index (χ4v) is 1.20. The molecule has 0 N–H and O–H groups in total. The first-order chi connectivity index (χ1) is 7.80. The Labute approximate surface area is 104 Å². The minimum Gasteiger partial charge on any atom is -0.741 e. The molecule has 0 bridgehead atoms. The number of imidazole rings is 1. The van der Waals surface area contributed by atoms with E-state index in [1.54, 1.807) is 0 Å². The van der Waals surface area contributed by atoms with Crippen molar-refractivity contribution in [3.05, 3.63) is 17.2 Å². The van der Waals surface area contributed by atoms with Crippen molar-refractivity contribution < 1.29 is 30.7 Å². The topological polar surface area (TPSA) is 66.0 Å². The van der Waals surface area contributed by atoms with E-state index in [4.69, 9.17) is 13.0 Å². The van der Waals surface area contributed by atoms with Gasteiger partial charge in [0, 0.05) is 20.8 Å². The number of nitrogens with zero attached hydrogens (tertiary/aromatic N) is 2. The lowest BCUT2D eigenvalue weighted by molar-refractivity contribution is -0.683. The molecule has 0 aliphatic heterocycles. The lowest BCUT2D eigenvalue weighted by atomic mass is 10.4. The van der Waals surface area contributed by atoms with E-state index in [-0.39, 0.29) is 0 Å². The smallest absolute Gasteiger partial charge is 0.485 e. The predicted octanol–water partition coefficient (Wildman–Crippen LogP) is 0.826. The van der Waals surface area contributed by atoms with Gasteiger partial charge in [-0.3, -0.25) is 0 Å². The fourth-order valence-electron chi connectivity index (χ4n) is 1.20. The molecule has 0 spiro atoms. The first kappa shape index (κ1) is 16.9. The largest absolute Gasteiger partial charge is 0.741 e. The average molecular weight is 288 g/mol. The number of rotatable bonds is 0. The fraction of sp³-hybridized carbons (Fsp3) is 0.667. The van der Waals surface area contributed by atoms with Crippen LogP contribution in [0.1, 0.15) is 17.2 Å². The standard InChI is InChI=1S/C8H15N2.CHF3O3S/c1-6-7(2)10(5)8(3)9(6)4;2-1(3,4)8(5,6)7/h1-5H3;(H,5,6,7)/q+1;/p-1. The van der Waals surface area contributed by atoms with Crippen molar-refractivity contribution in [3.63, 3.8) is 0 Å². The van der Waals surface area contributed by atoms with Gasteiger partial charge in [-0.15, -0.1) is 0 Å². The molecule has 9 heteroatoms. The molecular formula is C9H15F3N2O3S. The minimum atomic E-state index is -6.09. The number of hydrogen-bond acceptors (Lipinski definition) is 3. The summed E-state index contributed by atoms with van der Waals surface area (Å²) in [5.74, 6) is 1.30. The molecule has 0 aromatic carbocycles. The van der Waals surface area contributed by atoms with E-state index in [2.05, 4.69) is 44.0 Å². The normalized spacial score (nSPS) is 12.1. The highest BCUT2D eigenvalue weighted by Gasteiger charge is 2.36. The summed E-state index contributed by atoms with van der Waals surface area (Å²) in [6.45, 7) is 6.41. The van der Waals surface area contributed by atoms with E-state index in [1.807, 2.05) is 0 Å². The zero-order valence-corrected chi connectivity index (χ0v) is 11.5. The third kappa shape index (κ3) is 3.70. The van der Waals surface area contributed by atoms with Crippen LogP contribution in [0.25, 0.3) is 0 Å². The summed E-state index contributed by atoms with van der Waals surface area (Å²) < 4.78 is 63.3. The maximum atomic E-state index is 10.7. The predicted molar refractivity (Wildman–Crippen MR) is 56.6 cm³/mol. The molecule has 0 aliphatic carbocycles. The summed E-state index contributed by atoms with van der Waals surface area (Å²) in [6.07, 6.45) is 0. The summed E-state index contributed by atoms with van der Waals surface area (Å²) in [5, 5.41) is 0. The molecule has 5 nitrogen and oxygen atoms in total. The van der Waals surface area contributed by atoms with Gasteiger partial charge in [-0.2, -0.15) is 13.2 Å². The Bertz CT molecular complexity index is 452. The highest BCUT2D eigenvalue weighted by molar-refractivity contribution is 7.86. The van der Waals surface area contributed by atoms with Gasteiger partial charge < -0.3 is 4.55 Å². The van der Waals surface area contributed by atoms with Gasteiger partial charge in [0.15, 0.2) is 10.1 Å². The van der Waals surface area contributed by atoms with Crippen LogP contribution in [0.2, 0.25) is 0 Å². The number of alkyl halides is 3. The van der Waals surface area contributed by atoms with Crippen LogP contribution >= 0.6 is 0 Å². The van der Waals surface area contributed by atoms with E-state index < -0.39 is 15.6 Å². The summed E-state index contributed by atoms with van der Waals surface area (Å²) in [4.78, 5) is 0. The zero-order chi connectivity index (χ0) is 14.9. The third-order valence-electron chi connectivity index (χ3n) is 2.78. The first-order valence-corrected chi connectivity index (χ1v) is 6.22. The van der Waals surface area contributed by atoms with Crippen LogP contribution in [0.3, 0.4) is 0 Å². The molecule has 0 radical (unpaired) electrons. The first-order valence-electron chi connectivity index (χ1n) is 4.81. The molecule has 1 aromatic heterocycles. The Hall–Kier alpha value is -1.09. The zero-order valence-electron chi connectivity index (χ0n) is 10.7. The molecule has 1 rings (SSSR count). The third-order valence-corrected chi connectivity index (χ3v) is 3.35. The Balaban J connectivity index is 0.000000331. The average Bonchev–Trinajstić information content (AvgIpc) is 2.35. The molecule has 18 heavy (non-hydrogen) atoms. The van der Waals surface area contributed by atoms with E-state index in [0.717, 1.165) is 0 Å². The van der Waals surface area contributed by atoms with Crippen LogP contribution in [0.5, 0.6) is 0 Å². The lowest BCUT2D eigenvalue weighted by Gasteiger charge is -2.08. The van der Waals surface area contributed by atoms with Crippen molar-refractivity contribution in [2.45, 2.75) is 26.3 Å². The highest BCUT2D eigenvalue weighted by Crippen LogP contribution is 2.20. The van der Waals surface area contributed by atoms with Crippen molar-refractivity contribution in [2.75, 3.05) is 0 Å². The van der Waals surface area contributed by atoms with Crippen LogP contribution in [-0.2, 0) is 24.2 Å². The Morgan fingerprint density at radius 1 is 1.22 bits per heavy atom. The molecular weight excluding hydrogens is 273 g/mol. The van der Waals surface area contributed by atoms with Crippen molar-refractivity contribution in [3.8, 4) is 0 Å². The second-order valence-electron chi connectivity index (χ2n) is 3.74. The highest BCUT2D eigenvalue weighted by atomic mass is 32.2. The Morgan fingerprint density at radius 2 is 1.56 bits per heavy atom. The van der Waals surface area contributed by atoms with Crippen LogP contribution in [0, 0.1) is 20.8 Å². The van der Waals surface area contributed by atoms with Gasteiger partial charge in [-0.1, -0.05) is 0 Å². The van der Waals surface area contributed by atoms with Crippen molar-refractivity contribution in [2.24, 2.45) is 14.1 Å². The molecule has 0 saturated carbocycles. The van der Waals surface area contributed by atoms with Crippen LogP contribution in [0.15, 0.2) is 0 Å². The van der Waals surface area contributed by atoms with Crippen LogP contribution in [-0.4, -0.2) is 23.0 Å². The maximum Gasteiger partial charge on any atom is 0.485 e. The summed E-state index contributed by atoms with van der Waals surface area (Å²) in [5.41, 5.74) is -2.95. The van der Waals surface area contributed by atoms with Crippen molar-refractivity contribution in [1.82, 2.24) is 4.57 Å². The number of hydrogen-bond donors (Lipinski definition) is 0. The molecule has 1 heterocycles. The van der Waals surface area contributed by atoms with Gasteiger partial charge >= 0.3 is 5.51 Å². The summed E-state index contributed by atoms with van der Waals surface area (Å²) >= 11 is 0. The van der Waals surface area contributed by atoms with Crippen LogP contribution in [0.4, 0.5) is 13.2 Å². The maximum absolute atomic E-state index is 10.7. The lowest BCUT2D eigenvalue weighted by Crippen LogP contribution is -2.32. The van der Waals surface area contributed by atoms with Crippen molar-refractivity contribution >= 4 is 10.1 Å². The van der Waals surface area contributed by atoms with Gasteiger partial charge in [-0.05, 0) is 0 Å². The number of halogens is 3. The van der Waals surface area contributed by atoms with Gasteiger partial charge in [0.25, 0.3) is 5.82 Å². The second kappa shape index (κ2) is 5.27. The monoisotopic (exact) mass is 288 g/mol.